The van der Waals surface area contributed by atoms with E-state index in [0.717, 1.165) is 0 Å². The molecule has 0 aliphatic heterocycles. The van der Waals surface area contributed by atoms with Gasteiger partial charge in [0.1, 0.15) is 5.75 Å². The SMILES string of the molecule is Cn1c(=O)cc(O)c2[c]cccc21. The van der Waals surface area contributed by atoms with Crippen molar-refractivity contribution in [3.05, 3.63) is 40.7 Å². The predicted molar refractivity (Wildman–Crippen MR) is 49.7 cm³/mol. The summed E-state index contributed by atoms with van der Waals surface area (Å²) in [6.45, 7) is 0. The van der Waals surface area contributed by atoms with Crippen molar-refractivity contribution in [1.82, 2.24) is 4.57 Å². The lowest BCUT2D eigenvalue weighted by molar-refractivity contribution is 0.479. The topological polar surface area (TPSA) is 42.2 Å². The summed E-state index contributed by atoms with van der Waals surface area (Å²) in [5.41, 5.74) is 0.470. The molecule has 3 nitrogen and oxygen atoms in total. The van der Waals surface area contributed by atoms with Crippen molar-refractivity contribution in [1.29, 1.82) is 0 Å². The summed E-state index contributed by atoms with van der Waals surface area (Å²) < 4.78 is 1.48. The molecule has 0 aliphatic carbocycles. The second kappa shape index (κ2) is 2.62. The van der Waals surface area contributed by atoms with Crippen LogP contribution in [0.1, 0.15) is 0 Å². The highest BCUT2D eigenvalue weighted by Gasteiger charge is 2.03. The summed E-state index contributed by atoms with van der Waals surface area (Å²) in [6.07, 6.45) is 0. The number of pyridine rings is 1. The van der Waals surface area contributed by atoms with E-state index in [-0.39, 0.29) is 11.3 Å². The lowest BCUT2D eigenvalue weighted by Crippen LogP contribution is -2.15. The van der Waals surface area contributed by atoms with Gasteiger partial charge in [0.05, 0.1) is 5.52 Å². The van der Waals surface area contributed by atoms with E-state index in [2.05, 4.69) is 6.07 Å². The summed E-state index contributed by atoms with van der Waals surface area (Å²) >= 11 is 0. The van der Waals surface area contributed by atoms with Crippen LogP contribution >= 0.6 is 0 Å². The van der Waals surface area contributed by atoms with Crippen molar-refractivity contribution in [3.63, 3.8) is 0 Å². The zero-order valence-corrected chi connectivity index (χ0v) is 7.11. The van der Waals surface area contributed by atoms with Gasteiger partial charge in [-0.25, -0.2) is 0 Å². The lowest BCUT2D eigenvalue weighted by Gasteiger charge is -2.04. The second-order valence-electron chi connectivity index (χ2n) is 2.86. The van der Waals surface area contributed by atoms with Crippen LogP contribution in [-0.4, -0.2) is 9.67 Å². The number of aromatic nitrogens is 1. The van der Waals surface area contributed by atoms with Crippen LogP contribution in [0.5, 0.6) is 5.75 Å². The molecule has 2 rings (SSSR count). The fraction of sp³-hybridized carbons (Fsp3) is 0.100. The summed E-state index contributed by atoms with van der Waals surface area (Å²) in [5.74, 6) is -0.0151. The molecule has 1 aromatic heterocycles. The zero-order chi connectivity index (χ0) is 9.42. The maximum absolute atomic E-state index is 11.2. The quantitative estimate of drug-likeness (QED) is 0.648. The highest BCUT2D eigenvalue weighted by Crippen LogP contribution is 2.20. The molecular formula is C10H8NO2. The van der Waals surface area contributed by atoms with Gasteiger partial charge >= 0.3 is 0 Å². The second-order valence-corrected chi connectivity index (χ2v) is 2.86. The number of rotatable bonds is 0. The molecule has 0 spiro atoms. The van der Waals surface area contributed by atoms with Gasteiger partial charge in [-0.2, -0.15) is 0 Å². The van der Waals surface area contributed by atoms with Crippen LogP contribution in [0, 0.1) is 6.07 Å². The Morgan fingerprint density at radius 3 is 3.08 bits per heavy atom. The Morgan fingerprint density at radius 2 is 2.31 bits per heavy atom. The van der Waals surface area contributed by atoms with E-state index in [1.807, 2.05) is 0 Å². The van der Waals surface area contributed by atoms with E-state index in [4.69, 9.17) is 0 Å². The highest BCUT2D eigenvalue weighted by molar-refractivity contribution is 5.84. The molecule has 1 radical (unpaired) electrons. The molecule has 13 heavy (non-hydrogen) atoms. The first-order valence-corrected chi connectivity index (χ1v) is 3.89. The maximum atomic E-state index is 11.2. The van der Waals surface area contributed by atoms with Crippen LogP contribution in [0.3, 0.4) is 0 Å². The molecule has 1 aromatic carbocycles. The number of aromatic hydroxyl groups is 1. The van der Waals surface area contributed by atoms with Gasteiger partial charge in [0.25, 0.3) is 5.56 Å². The third kappa shape index (κ3) is 1.09. The van der Waals surface area contributed by atoms with E-state index in [0.29, 0.717) is 10.9 Å². The number of nitrogens with zero attached hydrogens (tertiary/aromatic N) is 1. The monoisotopic (exact) mass is 174 g/mol. The summed E-state index contributed by atoms with van der Waals surface area (Å²) in [5, 5.41) is 10.0. The normalized spacial score (nSPS) is 10.5. The number of benzene rings is 1. The van der Waals surface area contributed by atoms with Gasteiger partial charge in [-0.1, -0.05) is 12.1 Å². The Labute approximate surface area is 74.9 Å². The van der Waals surface area contributed by atoms with Crippen LogP contribution < -0.4 is 5.56 Å². The maximum Gasteiger partial charge on any atom is 0.254 e. The van der Waals surface area contributed by atoms with Crippen molar-refractivity contribution >= 4 is 10.9 Å². The van der Waals surface area contributed by atoms with E-state index in [9.17, 15) is 9.90 Å². The standard InChI is InChI=1S/C10H8NO2/c1-11-8-5-3-2-4-7(8)9(12)6-10(11)13/h2-3,5-6,12H,1H3. The minimum atomic E-state index is -0.218. The average molecular weight is 174 g/mol. The molecule has 65 valence electrons. The van der Waals surface area contributed by atoms with Gasteiger partial charge in [0.15, 0.2) is 0 Å². The molecule has 0 fully saturated rings. The molecular weight excluding hydrogens is 166 g/mol. The van der Waals surface area contributed by atoms with Gasteiger partial charge < -0.3 is 9.67 Å². The first-order chi connectivity index (χ1) is 6.20. The number of hydrogen-bond acceptors (Lipinski definition) is 2. The van der Waals surface area contributed by atoms with Crippen LogP contribution in [-0.2, 0) is 7.05 Å². The third-order valence-corrected chi connectivity index (χ3v) is 2.04. The molecule has 0 bridgehead atoms. The molecule has 0 saturated heterocycles. The Balaban J connectivity index is 3.06. The lowest BCUT2D eigenvalue weighted by atomic mass is 10.2. The van der Waals surface area contributed by atoms with Gasteiger partial charge in [-0.05, 0) is 12.1 Å². The third-order valence-electron chi connectivity index (χ3n) is 2.04. The van der Waals surface area contributed by atoms with Gasteiger partial charge in [0, 0.05) is 18.5 Å². The first-order valence-electron chi connectivity index (χ1n) is 3.89. The molecule has 1 N–H and O–H groups in total. The van der Waals surface area contributed by atoms with Crippen LogP contribution in [0.25, 0.3) is 10.9 Å². The molecule has 2 aromatic rings. The van der Waals surface area contributed by atoms with E-state index < -0.39 is 0 Å². The van der Waals surface area contributed by atoms with Gasteiger partial charge in [-0.15, -0.1) is 0 Å². The largest absolute Gasteiger partial charge is 0.507 e. The minimum absolute atomic E-state index is 0.0151. The minimum Gasteiger partial charge on any atom is -0.507 e. The van der Waals surface area contributed by atoms with Crippen molar-refractivity contribution < 1.29 is 5.11 Å². The Kier molecular flexibility index (Phi) is 1.59. The molecule has 0 aliphatic rings. The summed E-state index contributed by atoms with van der Waals surface area (Å²) in [6, 6.07) is 9.32. The molecule has 3 heteroatoms. The zero-order valence-electron chi connectivity index (χ0n) is 7.11. The Morgan fingerprint density at radius 1 is 1.54 bits per heavy atom. The van der Waals surface area contributed by atoms with Crippen LogP contribution in [0.15, 0.2) is 29.1 Å². The van der Waals surface area contributed by atoms with E-state index in [1.54, 1.807) is 25.2 Å². The van der Waals surface area contributed by atoms with Crippen molar-refractivity contribution in [2.75, 3.05) is 0 Å². The van der Waals surface area contributed by atoms with Crippen molar-refractivity contribution in [2.24, 2.45) is 7.05 Å². The molecule has 0 atom stereocenters. The predicted octanol–water partition coefficient (Wildman–Crippen LogP) is 1.04. The van der Waals surface area contributed by atoms with Crippen molar-refractivity contribution in [2.45, 2.75) is 0 Å². The summed E-state index contributed by atoms with van der Waals surface area (Å²) in [7, 11) is 1.66. The number of fused-ring (bicyclic) bond motifs is 1. The van der Waals surface area contributed by atoms with E-state index >= 15 is 0 Å². The highest BCUT2D eigenvalue weighted by atomic mass is 16.3. The Bertz CT molecular complexity index is 514. The summed E-state index contributed by atoms with van der Waals surface area (Å²) in [4.78, 5) is 11.2. The van der Waals surface area contributed by atoms with E-state index in [1.165, 1.54) is 10.6 Å². The fourth-order valence-corrected chi connectivity index (χ4v) is 1.32. The van der Waals surface area contributed by atoms with Gasteiger partial charge in [0.2, 0.25) is 0 Å². The molecule has 1 heterocycles. The number of hydrogen-bond donors (Lipinski definition) is 1. The number of aryl methyl sites for hydroxylation is 1. The molecule has 0 saturated carbocycles. The fourth-order valence-electron chi connectivity index (χ4n) is 1.32. The molecule has 0 amide bonds. The smallest absolute Gasteiger partial charge is 0.254 e. The van der Waals surface area contributed by atoms with Crippen molar-refractivity contribution in [3.8, 4) is 5.75 Å². The Hall–Kier alpha value is -1.77. The first kappa shape index (κ1) is 7.86. The van der Waals surface area contributed by atoms with Gasteiger partial charge in [-0.3, -0.25) is 4.79 Å². The average Bonchev–Trinajstić information content (AvgIpc) is 2.15. The molecule has 0 unspecified atom stereocenters. The van der Waals surface area contributed by atoms with Crippen LogP contribution in [0.4, 0.5) is 0 Å². The van der Waals surface area contributed by atoms with Crippen LogP contribution in [0.2, 0.25) is 0 Å².